The highest BCUT2D eigenvalue weighted by Crippen LogP contribution is 1.98. The van der Waals surface area contributed by atoms with Crippen molar-refractivity contribution >= 4 is 0 Å². The van der Waals surface area contributed by atoms with E-state index in [1.165, 1.54) is 5.57 Å². The summed E-state index contributed by atoms with van der Waals surface area (Å²) in [6.07, 6.45) is 15.5. The Morgan fingerprint density at radius 1 is 0.889 bits per heavy atom. The predicted molar refractivity (Wildman–Crippen MR) is 86.7 cm³/mol. The van der Waals surface area contributed by atoms with Gasteiger partial charge < -0.3 is 0 Å². The van der Waals surface area contributed by atoms with Crippen LogP contribution in [0.25, 0.3) is 0 Å². The predicted octanol–water partition coefficient (Wildman–Crippen LogP) is 5.95. The third-order valence-corrected chi connectivity index (χ3v) is 1.76. The van der Waals surface area contributed by atoms with Gasteiger partial charge in [0.1, 0.15) is 0 Å². The van der Waals surface area contributed by atoms with E-state index in [1.807, 2.05) is 50.3 Å². The van der Waals surface area contributed by atoms with E-state index in [0.29, 0.717) is 0 Å². The lowest BCUT2D eigenvalue weighted by atomic mass is 10.2. The van der Waals surface area contributed by atoms with Crippen LogP contribution in [0.5, 0.6) is 0 Å². The first kappa shape index (κ1) is 18.5. The molecular weight excluding hydrogens is 216 g/mol. The molecule has 0 spiro atoms. The van der Waals surface area contributed by atoms with Crippen LogP contribution in [0.15, 0.2) is 85.1 Å². The molecule has 0 saturated carbocycles. The van der Waals surface area contributed by atoms with Crippen molar-refractivity contribution in [1.29, 1.82) is 0 Å². The summed E-state index contributed by atoms with van der Waals surface area (Å²) in [6, 6.07) is 0. The molecule has 0 heteroatoms. The third kappa shape index (κ3) is 16.6. The van der Waals surface area contributed by atoms with Crippen molar-refractivity contribution in [2.75, 3.05) is 0 Å². The van der Waals surface area contributed by atoms with Gasteiger partial charge in [-0.15, -0.1) is 0 Å². The minimum Gasteiger partial charge on any atom is -0.0985 e. The highest BCUT2D eigenvalue weighted by molar-refractivity contribution is 5.31. The number of hydrogen-bond acceptors (Lipinski definition) is 0. The van der Waals surface area contributed by atoms with Gasteiger partial charge in [-0.2, -0.15) is 0 Å². The van der Waals surface area contributed by atoms with Crippen molar-refractivity contribution in [3.05, 3.63) is 85.1 Å². The van der Waals surface area contributed by atoms with Crippen molar-refractivity contribution in [2.45, 2.75) is 27.7 Å². The summed E-state index contributed by atoms with van der Waals surface area (Å²) in [5.74, 6) is 0. The zero-order valence-electron chi connectivity index (χ0n) is 12.2. The molecule has 0 aliphatic heterocycles. The molecule has 18 heavy (non-hydrogen) atoms. The van der Waals surface area contributed by atoms with Gasteiger partial charge in [0.2, 0.25) is 0 Å². The summed E-state index contributed by atoms with van der Waals surface area (Å²) in [7, 11) is 0. The summed E-state index contributed by atoms with van der Waals surface area (Å²) < 4.78 is 0. The van der Waals surface area contributed by atoms with Gasteiger partial charge in [-0.3, -0.25) is 0 Å². The Kier molecular flexibility index (Phi) is 13.6. The van der Waals surface area contributed by atoms with Crippen LogP contribution in [0.3, 0.4) is 0 Å². The van der Waals surface area contributed by atoms with Crippen LogP contribution < -0.4 is 0 Å². The van der Waals surface area contributed by atoms with Crippen LogP contribution in [0.1, 0.15) is 27.7 Å². The minimum absolute atomic E-state index is 1.06. The van der Waals surface area contributed by atoms with E-state index in [2.05, 4.69) is 33.6 Å². The van der Waals surface area contributed by atoms with Gasteiger partial charge in [-0.25, -0.2) is 0 Å². The van der Waals surface area contributed by atoms with Crippen molar-refractivity contribution in [2.24, 2.45) is 0 Å². The Morgan fingerprint density at radius 3 is 1.78 bits per heavy atom. The molecule has 0 fully saturated rings. The Balaban J connectivity index is 0. The molecule has 0 aliphatic carbocycles. The molecule has 0 N–H and O–H groups in total. The lowest BCUT2D eigenvalue weighted by molar-refractivity contribution is 1.39. The molecule has 0 aromatic heterocycles. The SMILES string of the molecule is C=C(C)/C=C\C=C/C.C=CC(C=C)=CC=C(C)C. The van der Waals surface area contributed by atoms with E-state index in [1.54, 1.807) is 12.2 Å². The largest absolute Gasteiger partial charge is 0.0985 e. The van der Waals surface area contributed by atoms with Crippen LogP contribution in [-0.2, 0) is 0 Å². The molecule has 0 radical (unpaired) electrons. The molecule has 0 unspecified atom stereocenters. The summed E-state index contributed by atoms with van der Waals surface area (Å²) >= 11 is 0. The normalized spacial score (nSPS) is 9.33. The third-order valence-electron chi connectivity index (χ3n) is 1.76. The van der Waals surface area contributed by atoms with Crippen molar-refractivity contribution in [1.82, 2.24) is 0 Å². The average molecular weight is 242 g/mol. The molecule has 0 atom stereocenters. The summed E-state index contributed by atoms with van der Waals surface area (Å²) in [6.45, 7) is 19.1. The van der Waals surface area contributed by atoms with Crippen molar-refractivity contribution in [3.63, 3.8) is 0 Å². The summed E-state index contributed by atoms with van der Waals surface area (Å²) in [5, 5.41) is 0. The monoisotopic (exact) mass is 242 g/mol. The Hall–Kier alpha value is -1.82. The molecule has 0 aromatic carbocycles. The maximum Gasteiger partial charge on any atom is -0.0268 e. The zero-order chi connectivity index (χ0) is 14.4. The first-order chi connectivity index (χ1) is 8.47. The molecular formula is C18H26. The highest BCUT2D eigenvalue weighted by Gasteiger charge is 1.78. The van der Waals surface area contributed by atoms with E-state index in [0.717, 1.165) is 11.1 Å². The lowest BCUT2D eigenvalue weighted by Gasteiger charge is -1.88. The van der Waals surface area contributed by atoms with Gasteiger partial charge in [0.15, 0.2) is 0 Å². The second-order valence-corrected chi connectivity index (χ2v) is 4.05. The molecule has 0 amide bonds. The van der Waals surface area contributed by atoms with E-state index in [-0.39, 0.29) is 0 Å². The van der Waals surface area contributed by atoms with Crippen LogP contribution in [-0.4, -0.2) is 0 Å². The van der Waals surface area contributed by atoms with Crippen molar-refractivity contribution in [3.8, 4) is 0 Å². The molecule has 0 aliphatic rings. The van der Waals surface area contributed by atoms with Crippen LogP contribution >= 0.6 is 0 Å². The number of hydrogen-bond donors (Lipinski definition) is 0. The molecule has 0 bridgehead atoms. The average Bonchev–Trinajstić information content (AvgIpc) is 2.31. The van der Waals surface area contributed by atoms with E-state index >= 15 is 0 Å². The van der Waals surface area contributed by atoms with E-state index < -0.39 is 0 Å². The maximum absolute atomic E-state index is 3.71. The fourth-order valence-corrected chi connectivity index (χ4v) is 0.813. The minimum atomic E-state index is 1.06. The smallest absolute Gasteiger partial charge is 0.0268 e. The van der Waals surface area contributed by atoms with Gasteiger partial charge >= 0.3 is 0 Å². The van der Waals surface area contributed by atoms with Gasteiger partial charge in [0, 0.05) is 0 Å². The summed E-state index contributed by atoms with van der Waals surface area (Å²) in [4.78, 5) is 0. The number of rotatable bonds is 5. The van der Waals surface area contributed by atoms with E-state index in [4.69, 9.17) is 0 Å². The van der Waals surface area contributed by atoms with Crippen LogP contribution in [0.4, 0.5) is 0 Å². The second-order valence-electron chi connectivity index (χ2n) is 4.05. The lowest BCUT2D eigenvalue weighted by Crippen LogP contribution is -1.67. The maximum atomic E-state index is 3.71. The molecule has 0 nitrogen and oxygen atoms in total. The zero-order valence-corrected chi connectivity index (χ0v) is 12.2. The molecule has 0 saturated heterocycles. The van der Waals surface area contributed by atoms with E-state index in [9.17, 15) is 0 Å². The van der Waals surface area contributed by atoms with Crippen LogP contribution in [0, 0.1) is 0 Å². The first-order valence-electron chi connectivity index (χ1n) is 6.02. The standard InChI is InChI=1S/C10H14.C8H12/c1-5-10(6-2)8-7-9(3)4;1-4-5-6-7-8(2)3/h5-8H,1-2H2,3-4H3;4-7H,2H2,1,3H3/b;5-4-,7-6-. The van der Waals surface area contributed by atoms with Crippen molar-refractivity contribution < 1.29 is 0 Å². The van der Waals surface area contributed by atoms with Crippen LogP contribution in [0.2, 0.25) is 0 Å². The fourth-order valence-electron chi connectivity index (χ4n) is 0.813. The highest BCUT2D eigenvalue weighted by atomic mass is 13.8. The fraction of sp³-hybridized carbons (Fsp3) is 0.222. The van der Waals surface area contributed by atoms with Gasteiger partial charge in [-0.1, -0.05) is 79.5 Å². The second kappa shape index (κ2) is 13.2. The molecule has 0 aromatic rings. The Morgan fingerprint density at radius 2 is 1.44 bits per heavy atom. The first-order valence-corrected chi connectivity index (χ1v) is 6.02. The van der Waals surface area contributed by atoms with Gasteiger partial charge in [0.25, 0.3) is 0 Å². The van der Waals surface area contributed by atoms with Gasteiger partial charge in [-0.05, 0) is 33.3 Å². The van der Waals surface area contributed by atoms with Gasteiger partial charge in [0.05, 0.1) is 0 Å². The molecule has 0 rings (SSSR count). The number of allylic oxidation sites excluding steroid dienone is 11. The Bertz CT molecular complexity index is 357. The summed E-state index contributed by atoms with van der Waals surface area (Å²) in [5.41, 5.74) is 3.42. The molecule has 98 valence electrons. The Labute approximate surface area is 113 Å². The quantitative estimate of drug-likeness (QED) is 0.523. The molecule has 0 heterocycles. The topological polar surface area (TPSA) is 0 Å².